The number of carbonyl (C=O) groups excluding carboxylic acids is 7. The predicted octanol–water partition coefficient (Wildman–Crippen LogP) is 1.34. The molecule has 0 spiro atoms. The molecule has 15 heteroatoms. The highest BCUT2D eigenvalue weighted by Gasteiger charge is 2.58. The van der Waals surface area contributed by atoms with E-state index in [-0.39, 0.29) is 59.2 Å². The molecule has 1 N–H and O–H groups in total. The minimum atomic E-state index is -1.09. The Balaban J connectivity index is 1.83. The number of hydrogen-bond acceptors (Lipinski definition) is 14. The van der Waals surface area contributed by atoms with Crippen LogP contribution in [0, 0.1) is 6.92 Å². The molecule has 262 valence electrons. The third-order valence-corrected chi connectivity index (χ3v) is 9.59. The standard InChI is InChI=1S/C34H39N3O12/c1-13-27(42)19-10-20-26-24-25(29(47-16(4)39)14(2)31(46-9)33(24)49-18(6)41)32(48-17(5)40)22(36(26)7)12-37(20)21(11-35-34(44)15(3)38)23(19)28(43)30(13)45-8/h20-22,26,32H,10-12H2,1-9H3,(H,35,44)/t20-,21-,22+,26-,32+/m0/s1. The van der Waals surface area contributed by atoms with Crippen LogP contribution in [0.15, 0.2) is 22.5 Å². The quantitative estimate of drug-likeness (QED) is 0.179. The summed E-state index contributed by atoms with van der Waals surface area (Å²) in [5, 5.41) is 2.60. The first-order chi connectivity index (χ1) is 23.0. The highest BCUT2D eigenvalue weighted by Crippen LogP contribution is 2.59. The van der Waals surface area contributed by atoms with Gasteiger partial charge in [-0.25, -0.2) is 0 Å². The molecule has 0 unspecified atom stereocenters. The Morgan fingerprint density at radius 2 is 1.45 bits per heavy atom. The third kappa shape index (κ3) is 5.80. The number of ketones is 3. The van der Waals surface area contributed by atoms with Gasteiger partial charge in [0.1, 0.15) is 11.9 Å². The summed E-state index contributed by atoms with van der Waals surface area (Å²) in [6, 6.07) is -2.94. The molecular formula is C34H39N3O12. The average molecular weight is 682 g/mol. The fourth-order valence-electron chi connectivity index (χ4n) is 7.72. The number of nitrogens with zero attached hydrogens (tertiary/aromatic N) is 2. The van der Waals surface area contributed by atoms with Gasteiger partial charge in [-0.2, -0.15) is 0 Å². The van der Waals surface area contributed by atoms with Crippen LogP contribution in [0.3, 0.4) is 0 Å². The SMILES string of the molecule is COC1=C(C)C(=O)C2=C(C1=O)[C@H](CNC(=O)C(C)=O)N1C[C@@H]3[C@@H](OC(C)=O)c4c(OC(C)=O)c(C)c(OC)c(OC(C)=O)c4[C@H]([C@@H]1C2)N3C. The lowest BCUT2D eigenvalue weighted by atomic mass is 9.70. The number of carbonyl (C=O) groups is 7. The van der Waals surface area contributed by atoms with Gasteiger partial charge in [0.15, 0.2) is 23.0 Å². The minimum absolute atomic E-state index is 0.0118. The lowest BCUT2D eigenvalue weighted by Crippen LogP contribution is -2.68. The Morgan fingerprint density at radius 1 is 0.816 bits per heavy atom. The molecule has 4 aliphatic rings. The lowest BCUT2D eigenvalue weighted by molar-refractivity contribution is -0.159. The van der Waals surface area contributed by atoms with E-state index in [0.717, 1.165) is 6.92 Å². The molecule has 0 aromatic heterocycles. The molecule has 2 bridgehead atoms. The Labute approximate surface area is 282 Å². The Morgan fingerprint density at radius 3 is 2.00 bits per heavy atom. The van der Waals surface area contributed by atoms with Crippen molar-refractivity contribution in [1.29, 1.82) is 0 Å². The number of piperazine rings is 1. The molecule has 0 radical (unpaired) electrons. The summed E-state index contributed by atoms with van der Waals surface area (Å²) in [5.74, 6) is -4.46. The largest absolute Gasteiger partial charge is 0.492 e. The summed E-state index contributed by atoms with van der Waals surface area (Å²) in [6.07, 6.45) is -1.05. The second kappa shape index (κ2) is 13.2. The highest BCUT2D eigenvalue weighted by atomic mass is 16.6. The molecule has 1 saturated heterocycles. The zero-order valence-electron chi connectivity index (χ0n) is 28.8. The predicted molar refractivity (Wildman–Crippen MR) is 168 cm³/mol. The zero-order chi connectivity index (χ0) is 36.2. The summed E-state index contributed by atoms with van der Waals surface area (Å²) in [4.78, 5) is 94.0. The number of amides is 1. The molecule has 3 heterocycles. The topological polar surface area (TPSA) is 184 Å². The van der Waals surface area contributed by atoms with E-state index in [4.69, 9.17) is 23.7 Å². The van der Waals surface area contributed by atoms with Crippen molar-refractivity contribution in [3.8, 4) is 17.2 Å². The second-order valence-corrected chi connectivity index (χ2v) is 12.5. The molecule has 3 aliphatic heterocycles. The van der Waals surface area contributed by atoms with Crippen LogP contribution in [0.4, 0.5) is 0 Å². The zero-order valence-corrected chi connectivity index (χ0v) is 28.8. The van der Waals surface area contributed by atoms with E-state index in [9.17, 15) is 33.6 Å². The van der Waals surface area contributed by atoms with Crippen LogP contribution in [0.5, 0.6) is 17.2 Å². The van der Waals surface area contributed by atoms with E-state index in [2.05, 4.69) is 5.32 Å². The first-order valence-corrected chi connectivity index (χ1v) is 15.7. The highest BCUT2D eigenvalue weighted by molar-refractivity contribution is 6.35. The number of benzene rings is 1. The summed E-state index contributed by atoms with van der Waals surface area (Å²) in [5.41, 5.74) is 1.42. The van der Waals surface area contributed by atoms with Crippen LogP contribution < -0.4 is 19.5 Å². The molecule has 5 rings (SSSR count). The number of fused-ring (bicyclic) bond motifs is 6. The Hall–Kier alpha value is -4.89. The van der Waals surface area contributed by atoms with E-state index in [1.54, 1.807) is 14.0 Å². The Bertz CT molecular complexity index is 1780. The normalized spacial score (nSPS) is 24.7. The van der Waals surface area contributed by atoms with Gasteiger partial charge in [0, 0.05) is 80.2 Å². The maximum absolute atomic E-state index is 14.0. The first-order valence-electron chi connectivity index (χ1n) is 15.7. The maximum Gasteiger partial charge on any atom is 0.308 e. The van der Waals surface area contributed by atoms with Crippen molar-refractivity contribution in [2.45, 2.75) is 78.2 Å². The van der Waals surface area contributed by atoms with Crippen molar-refractivity contribution in [3.63, 3.8) is 0 Å². The van der Waals surface area contributed by atoms with Gasteiger partial charge >= 0.3 is 17.9 Å². The van der Waals surface area contributed by atoms with Crippen LogP contribution >= 0.6 is 0 Å². The molecule has 1 aromatic carbocycles. The number of esters is 3. The molecule has 1 aromatic rings. The fourth-order valence-corrected chi connectivity index (χ4v) is 7.72. The molecule has 1 aliphatic carbocycles. The van der Waals surface area contributed by atoms with Gasteiger partial charge in [0.2, 0.25) is 11.6 Å². The Kier molecular flexibility index (Phi) is 9.54. The van der Waals surface area contributed by atoms with Crippen molar-refractivity contribution in [2.75, 3.05) is 34.4 Å². The van der Waals surface area contributed by atoms with Gasteiger partial charge in [-0.15, -0.1) is 0 Å². The van der Waals surface area contributed by atoms with Crippen LogP contribution in [0.25, 0.3) is 0 Å². The van der Waals surface area contributed by atoms with Crippen LogP contribution in [0.1, 0.15) is 69.9 Å². The van der Waals surface area contributed by atoms with E-state index in [1.165, 1.54) is 41.9 Å². The lowest BCUT2D eigenvalue weighted by Gasteiger charge is -2.59. The van der Waals surface area contributed by atoms with Gasteiger partial charge in [-0.1, -0.05) is 0 Å². The summed E-state index contributed by atoms with van der Waals surface area (Å²) in [6.45, 7) is 7.82. The van der Waals surface area contributed by atoms with Gasteiger partial charge in [-0.05, 0) is 27.3 Å². The molecule has 15 nitrogen and oxygen atoms in total. The third-order valence-electron chi connectivity index (χ3n) is 9.59. The molecule has 5 atom stereocenters. The van der Waals surface area contributed by atoms with Gasteiger partial charge < -0.3 is 29.0 Å². The summed E-state index contributed by atoms with van der Waals surface area (Å²) in [7, 11) is 4.45. The molecule has 49 heavy (non-hydrogen) atoms. The molecular weight excluding hydrogens is 642 g/mol. The van der Waals surface area contributed by atoms with Crippen molar-refractivity contribution in [3.05, 3.63) is 39.2 Å². The number of likely N-dealkylation sites (N-methyl/N-ethyl adjacent to an activating group) is 1. The smallest absolute Gasteiger partial charge is 0.308 e. The van der Waals surface area contributed by atoms with Crippen molar-refractivity contribution in [1.82, 2.24) is 15.1 Å². The van der Waals surface area contributed by atoms with Crippen LogP contribution in [-0.4, -0.2) is 103 Å². The van der Waals surface area contributed by atoms with Crippen molar-refractivity contribution >= 4 is 41.2 Å². The van der Waals surface area contributed by atoms with E-state index >= 15 is 0 Å². The average Bonchev–Trinajstić information content (AvgIpc) is 3.01. The minimum Gasteiger partial charge on any atom is -0.492 e. The number of ether oxygens (including phenoxy) is 5. The number of rotatable bonds is 8. The summed E-state index contributed by atoms with van der Waals surface area (Å²) < 4.78 is 28.7. The van der Waals surface area contributed by atoms with Crippen molar-refractivity contribution in [2.24, 2.45) is 0 Å². The van der Waals surface area contributed by atoms with Gasteiger partial charge in [-0.3, -0.25) is 43.4 Å². The molecule has 0 saturated carbocycles. The van der Waals surface area contributed by atoms with Crippen LogP contribution in [-0.2, 0) is 43.0 Å². The number of methoxy groups -OCH3 is 2. The summed E-state index contributed by atoms with van der Waals surface area (Å²) >= 11 is 0. The van der Waals surface area contributed by atoms with Gasteiger partial charge in [0.25, 0.3) is 5.91 Å². The number of allylic oxidation sites excluding steroid dienone is 2. The number of Topliss-reactive ketones (excluding diaryl/α,β-unsaturated/α-hetero) is 3. The van der Waals surface area contributed by atoms with E-state index in [0.29, 0.717) is 16.7 Å². The first kappa shape index (κ1) is 35.4. The molecule has 1 fully saturated rings. The number of nitrogens with one attached hydrogen (secondary N) is 1. The van der Waals surface area contributed by atoms with Crippen molar-refractivity contribution < 1.29 is 57.2 Å². The number of hydrogen-bond donors (Lipinski definition) is 1. The van der Waals surface area contributed by atoms with E-state index < -0.39 is 71.4 Å². The van der Waals surface area contributed by atoms with Crippen LogP contribution in [0.2, 0.25) is 0 Å². The van der Waals surface area contributed by atoms with Gasteiger partial charge in [0.05, 0.1) is 32.3 Å². The maximum atomic E-state index is 14.0. The molecule has 1 amide bonds. The van der Waals surface area contributed by atoms with E-state index in [1.807, 2.05) is 9.80 Å². The second-order valence-electron chi connectivity index (χ2n) is 12.5. The fraction of sp³-hybridized carbons (Fsp3) is 0.500. The monoisotopic (exact) mass is 681 g/mol.